The zero-order valence-electron chi connectivity index (χ0n) is 9.54. The van der Waals surface area contributed by atoms with Gasteiger partial charge in [0.05, 0.1) is 6.61 Å². The molecule has 0 saturated carbocycles. The first-order valence-corrected chi connectivity index (χ1v) is 5.66. The second-order valence-corrected chi connectivity index (χ2v) is 3.89. The number of ether oxygens (including phenoxy) is 1. The van der Waals surface area contributed by atoms with Crippen molar-refractivity contribution in [3.63, 3.8) is 0 Å². The van der Waals surface area contributed by atoms with E-state index in [4.69, 9.17) is 10.5 Å². The Labute approximate surface area is 92.4 Å². The number of hydrogen-bond acceptors (Lipinski definition) is 2. The van der Waals surface area contributed by atoms with E-state index in [1.807, 2.05) is 0 Å². The fraction of sp³-hybridized carbons (Fsp3) is 0.538. The first kappa shape index (κ1) is 12.2. The van der Waals surface area contributed by atoms with Gasteiger partial charge in [0, 0.05) is 6.61 Å². The maximum Gasteiger partial charge on any atom is 0.0716 e. The fourth-order valence-electron chi connectivity index (χ4n) is 1.40. The van der Waals surface area contributed by atoms with Crippen molar-refractivity contribution in [2.24, 2.45) is 5.73 Å². The van der Waals surface area contributed by atoms with E-state index in [0.717, 1.165) is 32.6 Å². The Hall–Kier alpha value is -0.860. The van der Waals surface area contributed by atoms with Gasteiger partial charge in [-0.1, -0.05) is 29.8 Å². The van der Waals surface area contributed by atoms with Gasteiger partial charge in [0.15, 0.2) is 0 Å². The molecule has 0 fully saturated rings. The molecular weight excluding hydrogens is 186 g/mol. The van der Waals surface area contributed by atoms with E-state index in [-0.39, 0.29) is 0 Å². The van der Waals surface area contributed by atoms with Gasteiger partial charge in [-0.05, 0) is 38.3 Å². The van der Waals surface area contributed by atoms with Gasteiger partial charge in [-0.3, -0.25) is 0 Å². The normalized spacial score (nSPS) is 10.5. The molecule has 0 heterocycles. The molecule has 0 aliphatic rings. The number of unbranched alkanes of at least 4 members (excludes halogenated alkanes) is 2. The van der Waals surface area contributed by atoms with E-state index in [2.05, 4.69) is 31.2 Å². The van der Waals surface area contributed by atoms with Crippen LogP contribution >= 0.6 is 0 Å². The third-order valence-electron chi connectivity index (χ3n) is 2.38. The van der Waals surface area contributed by atoms with Gasteiger partial charge in [0.1, 0.15) is 0 Å². The van der Waals surface area contributed by atoms with Crippen molar-refractivity contribution in [1.82, 2.24) is 0 Å². The van der Waals surface area contributed by atoms with E-state index >= 15 is 0 Å². The van der Waals surface area contributed by atoms with Crippen LogP contribution in [0.15, 0.2) is 24.3 Å². The lowest BCUT2D eigenvalue weighted by molar-refractivity contribution is 0.117. The van der Waals surface area contributed by atoms with Crippen LogP contribution in [0.25, 0.3) is 0 Å². The molecular formula is C13H21NO. The van der Waals surface area contributed by atoms with Gasteiger partial charge in [-0.25, -0.2) is 0 Å². The van der Waals surface area contributed by atoms with Crippen LogP contribution in [0.3, 0.4) is 0 Å². The number of hydrogen-bond donors (Lipinski definition) is 1. The summed E-state index contributed by atoms with van der Waals surface area (Å²) in [5.74, 6) is 0. The highest BCUT2D eigenvalue weighted by Gasteiger charge is 1.93. The first-order chi connectivity index (χ1) is 7.33. The molecule has 1 aromatic rings. The van der Waals surface area contributed by atoms with E-state index < -0.39 is 0 Å². The van der Waals surface area contributed by atoms with Crippen LogP contribution in [0.2, 0.25) is 0 Å². The average Bonchev–Trinajstić information content (AvgIpc) is 2.26. The summed E-state index contributed by atoms with van der Waals surface area (Å²) in [5, 5.41) is 0. The Bertz CT molecular complexity index is 256. The lowest BCUT2D eigenvalue weighted by Crippen LogP contribution is -2.00. The fourth-order valence-corrected chi connectivity index (χ4v) is 1.40. The summed E-state index contributed by atoms with van der Waals surface area (Å²) in [6, 6.07) is 8.48. The van der Waals surface area contributed by atoms with E-state index in [1.165, 1.54) is 17.5 Å². The second-order valence-electron chi connectivity index (χ2n) is 3.89. The maximum atomic E-state index is 5.57. The highest BCUT2D eigenvalue weighted by atomic mass is 16.5. The highest BCUT2D eigenvalue weighted by Crippen LogP contribution is 2.05. The standard InChI is InChI=1S/C13H21NO/c1-12-5-7-13(8-6-12)11-15-10-4-2-3-9-14/h5-8H,2-4,9-11,14H2,1H3. The largest absolute Gasteiger partial charge is 0.377 e. The van der Waals surface area contributed by atoms with Crippen molar-refractivity contribution in [2.45, 2.75) is 32.8 Å². The smallest absolute Gasteiger partial charge is 0.0716 e. The van der Waals surface area contributed by atoms with E-state index in [1.54, 1.807) is 0 Å². The minimum absolute atomic E-state index is 0.725. The predicted octanol–water partition coefficient (Wildman–Crippen LogP) is 2.64. The van der Waals surface area contributed by atoms with E-state index in [9.17, 15) is 0 Å². The topological polar surface area (TPSA) is 35.2 Å². The van der Waals surface area contributed by atoms with Crippen molar-refractivity contribution in [1.29, 1.82) is 0 Å². The monoisotopic (exact) mass is 207 g/mol. The summed E-state index contributed by atoms with van der Waals surface area (Å²) < 4.78 is 5.57. The summed E-state index contributed by atoms with van der Waals surface area (Å²) in [7, 11) is 0. The minimum atomic E-state index is 0.725. The Balaban J connectivity index is 2.07. The van der Waals surface area contributed by atoms with Crippen molar-refractivity contribution < 1.29 is 4.74 Å². The molecule has 0 aliphatic heterocycles. The van der Waals surface area contributed by atoms with Gasteiger partial charge >= 0.3 is 0 Å². The highest BCUT2D eigenvalue weighted by molar-refractivity contribution is 5.20. The lowest BCUT2D eigenvalue weighted by atomic mass is 10.2. The molecule has 84 valence electrons. The predicted molar refractivity (Wildman–Crippen MR) is 63.7 cm³/mol. The molecule has 0 bridgehead atoms. The van der Waals surface area contributed by atoms with Crippen molar-refractivity contribution in [3.05, 3.63) is 35.4 Å². The van der Waals surface area contributed by atoms with Gasteiger partial charge in [0.25, 0.3) is 0 Å². The minimum Gasteiger partial charge on any atom is -0.377 e. The molecule has 1 aromatic carbocycles. The number of rotatable bonds is 7. The molecule has 0 saturated heterocycles. The number of aryl methyl sites for hydroxylation is 1. The van der Waals surface area contributed by atoms with Crippen LogP contribution in [0.5, 0.6) is 0 Å². The molecule has 0 atom stereocenters. The zero-order valence-corrected chi connectivity index (χ0v) is 9.54. The van der Waals surface area contributed by atoms with Crippen LogP contribution in [-0.4, -0.2) is 13.2 Å². The summed E-state index contributed by atoms with van der Waals surface area (Å²) in [6.45, 7) is 4.45. The van der Waals surface area contributed by atoms with Crippen LogP contribution in [0.1, 0.15) is 30.4 Å². The molecule has 1 rings (SSSR count). The Kier molecular flexibility index (Phi) is 6.05. The Morgan fingerprint density at radius 2 is 1.80 bits per heavy atom. The van der Waals surface area contributed by atoms with Crippen molar-refractivity contribution >= 4 is 0 Å². The van der Waals surface area contributed by atoms with Crippen LogP contribution in [-0.2, 0) is 11.3 Å². The molecule has 0 amide bonds. The number of benzene rings is 1. The molecule has 0 aromatic heterocycles. The molecule has 0 unspecified atom stereocenters. The molecule has 0 radical (unpaired) electrons. The maximum absolute atomic E-state index is 5.57. The molecule has 0 aliphatic carbocycles. The average molecular weight is 207 g/mol. The molecule has 2 N–H and O–H groups in total. The summed E-state index contributed by atoms with van der Waals surface area (Å²) in [6.07, 6.45) is 3.39. The van der Waals surface area contributed by atoms with Gasteiger partial charge < -0.3 is 10.5 Å². The quantitative estimate of drug-likeness (QED) is 0.698. The Morgan fingerprint density at radius 1 is 1.07 bits per heavy atom. The molecule has 0 spiro atoms. The zero-order chi connectivity index (χ0) is 10.9. The molecule has 2 heteroatoms. The number of nitrogens with two attached hydrogens (primary N) is 1. The third kappa shape index (κ3) is 5.55. The first-order valence-electron chi connectivity index (χ1n) is 5.66. The van der Waals surface area contributed by atoms with Crippen LogP contribution in [0, 0.1) is 6.92 Å². The lowest BCUT2D eigenvalue weighted by Gasteiger charge is -2.04. The molecule has 2 nitrogen and oxygen atoms in total. The van der Waals surface area contributed by atoms with Gasteiger partial charge in [-0.15, -0.1) is 0 Å². The third-order valence-corrected chi connectivity index (χ3v) is 2.38. The second kappa shape index (κ2) is 7.43. The van der Waals surface area contributed by atoms with Crippen LogP contribution in [0.4, 0.5) is 0 Å². The van der Waals surface area contributed by atoms with Crippen LogP contribution < -0.4 is 5.73 Å². The van der Waals surface area contributed by atoms with E-state index in [0.29, 0.717) is 0 Å². The van der Waals surface area contributed by atoms with Crippen molar-refractivity contribution in [2.75, 3.05) is 13.2 Å². The summed E-state index contributed by atoms with van der Waals surface area (Å²) in [5.41, 5.74) is 7.95. The Morgan fingerprint density at radius 3 is 2.47 bits per heavy atom. The SMILES string of the molecule is Cc1ccc(COCCCCCN)cc1. The van der Waals surface area contributed by atoms with Gasteiger partial charge in [-0.2, -0.15) is 0 Å². The molecule has 15 heavy (non-hydrogen) atoms. The van der Waals surface area contributed by atoms with Gasteiger partial charge in [0.2, 0.25) is 0 Å². The summed E-state index contributed by atoms with van der Waals surface area (Å²) in [4.78, 5) is 0. The summed E-state index contributed by atoms with van der Waals surface area (Å²) >= 11 is 0. The van der Waals surface area contributed by atoms with Crippen molar-refractivity contribution in [3.8, 4) is 0 Å².